The largest absolute Gasteiger partial charge is 0.290 e. The minimum Gasteiger partial charge on any atom is -0.290 e. The van der Waals surface area contributed by atoms with Crippen molar-refractivity contribution in [3.05, 3.63) is 18.0 Å². The lowest BCUT2D eigenvalue weighted by atomic mass is 10.4. The van der Waals surface area contributed by atoms with Crippen molar-refractivity contribution >= 4 is 11.9 Å². The average molecular weight is 180 g/mol. The van der Waals surface area contributed by atoms with Crippen LogP contribution in [0.25, 0.3) is 0 Å². The number of anilines is 1. The first-order chi connectivity index (χ1) is 6.22. The van der Waals surface area contributed by atoms with E-state index in [1.54, 1.807) is 13.0 Å². The maximum atomic E-state index is 11.1. The molecule has 1 aromatic rings. The Labute approximate surface area is 76.3 Å². The van der Waals surface area contributed by atoms with Crippen LogP contribution in [0.4, 0.5) is 5.95 Å². The van der Waals surface area contributed by atoms with Gasteiger partial charge in [0.05, 0.1) is 0 Å². The first-order valence-electron chi connectivity index (χ1n) is 4.09. The van der Waals surface area contributed by atoms with E-state index in [0.717, 1.165) is 6.42 Å². The number of aromatic amines is 1. The highest BCUT2D eigenvalue weighted by Gasteiger charge is 2.01. The predicted octanol–water partition coefficient (Wildman–Crippen LogP) is 1.02. The lowest BCUT2D eigenvalue weighted by Gasteiger charge is -1.92. The Morgan fingerprint density at radius 1 is 1.69 bits per heavy atom. The normalized spacial score (nSPS) is 10.6. The molecule has 1 amide bonds. The summed E-state index contributed by atoms with van der Waals surface area (Å²) >= 11 is 0. The number of hydrogen-bond acceptors (Lipinski definition) is 3. The van der Waals surface area contributed by atoms with Gasteiger partial charge in [0, 0.05) is 0 Å². The molecule has 1 heterocycles. The average Bonchev–Trinajstić information content (AvgIpc) is 2.48. The number of aryl methyl sites for hydroxylation is 1. The molecule has 2 N–H and O–H groups in total. The summed E-state index contributed by atoms with van der Waals surface area (Å²) in [6.07, 6.45) is 4.07. The summed E-state index contributed by atoms with van der Waals surface area (Å²) in [5, 5.41) is 8.91. The standard InChI is InChI=1S/C8H12N4O/c1-3-4-5-7(13)10-8-9-6(2)11-12-8/h4-5H,3H2,1-2H3,(H2,9,10,11,12,13)/b5-4+. The smallest absolute Gasteiger partial charge is 0.250 e. The van der Waals surface area contributed by atoms with Crippen LogP contribution in [0.3, 0.4) is 0 Å². The first kappa shape index (κ1) is 9.44. The Morgan fingerprint density at radius 3 is 3.00 bits per heavy atom. The van der Waals surface area contributed by atoms with Crippen molar-refractivity contribution in [2.45, 2.75) is 20.3 Å². The SMILES string of the molecule is CC/C=C/C(=O)Nc1n[nH]c(C)n1. The molecule has 1 aromatic heterocycles. The Balaban J connectivity index is 2.50. The molecule has 5 heteroatoms. The maximum absolute atomic E-state index is 11.1. The van der Waals surface area contributed by atoms with Crippen molar-refractivity contribution in [2.75, 3.05) is 5.32 Å². The Kier molecular flexibility index (Phi) is 3.19. The van der Waals surface area contributed by atoms with Gasteiger partial charge >= 0.3 is 0 Å². The molecule has 0 fully saturated rings. The molecule has 0 aromatic carbocycles. The Bertz CT molecular complexity index is 316. The fraction of sp³-hybridized carbons (Fsp3) is 0.375. The summed E-state index contributed by atoms with van der Waals surface area (Å²) in [5.74, 6) is 0.777. The molecule has 0 radical (unpaired) electrons. The van der Waals surface area contributed by atoms with Gasteiger partial charge in [0.25, 0.3) is 0 Å². The number of hydrogen-bond donors (Lipinski definition) is 2. The molecule has 0 aliphatic carbocycles. The van der Waals surface area contributed by atoms with Crippen LogP contribution in [0.15, 0.2) is 12.2 Å². The van der Waals surface area contributed by atoms with Gasteiger partial charge in [0.15, 0.2) is 0 Å². The van der Waals surface area contributed by atoms with Crippen molar-refractivity contribution in [3.8, 4) is 0 Å². The van der Waals surface area contributed by atoms with Crippen molar-refractivity contribution < 1.29 is 4.79 Å². The van der Waals surface area contributed by atoms with Gasteiger partial charge in [-0.3, -0.25) is 15.2 Å². The van der Waals surface area contributed by atoms with E-state index < -0.39 is 0 Å². The molecule has 0 saturated heterocycles. The van der Waals surface area contributed by atoms with Gasteiger partial charge in [-0.1, -0.05) is 13.0 Å². The highest BCUT2D eigenvalue weighted by molar-refractivity contribution is 5.97. The lowest BCUT2D eigenvalue weighted by Crippen LogP contribution is -2.09. The molecule has 5 nitrogen and oxygen atoms in total. The van der Waals surface area contributed by atoms with Crippen molar-refractivity contribution in [1.29, 1.82) is 0 Å². The fourth-order valence-corrected chi connectivity index (χ4v) is 0.775. The number of amides is 1. The summed E-state index contributed by atoms with van der Waals surface area (Å²) in [7, 11) is 0. The van der Waals surface area contributed by atoms with E-state index in [1.165, 1.54) is 6.08 Å². The Hall–Kier alpha value is -1.65. The van der Waals surface area contributed by atoms with Gasteiger partial charge in [-0.05, 0) is 19.4 Å². The van der Waals surface area contributed by atoms with Crippen molar-refractivity contribution in [1.82, 2.24) is 15.2 Å². The maximum Gasteiger partial charge on any atom is 0.250 e. The number of nitrogens with zero attached hydrogens (tertiary/aromatic N) is 2. The van der Waals surface area contributed by atoms with E-state index in [2.05, 4.69) is 20.5 Å². The molecular weight excluding hydrogens is 168 g/mol. The topological polar surface area (TPSA) is 70.7 Å². The number of allylic oxidation sites excluding steroid dienone is 1. The fourth-order valence-electron chi connectivity index (χ4n) is 0.775. The zero-order valence-electron chi connectivity index (χ0n) is 7.66. The molecule has 13 heavy (non-hydrogen) atoms. The van der Waals surface area contributed by atoms with Crippen LogP contribution in [0.1, 0.15) is 19.2 Å². The van der Waals surface area contributed by atoms with Gasteiger partial charge in [0.1, 0.15) is 5.82 Å². The number of H-pyrrole nitrogens is 1. The molecule has 70 valence electrons. The summed E-state index contributed by atoms with van der Waals surface area (Å²) in [6, 6.07) is 0. The van der Waals surface area contributed by atoms with Gasteiger partial charge < -0.3 is 0 Å². The first-order valence-corrected chi connectivity index (χ1v) is 4.09. The van der Waals surface area contributed by atoms with E-state index in [4.69, 9.17) is 0 Å². The quantitative estimate of drug-likeness (QED) is 0.682. The van der Waals surface area contributed by atoms with Crippen molar-refractivity contribution in [2.24, 2.45) is 0 Å². The molecule has 0 unspecified atom stereocenters. The van der Waals surface area contributed by atoms with E-state index in [0.29, 0.717) is 11.8 Å². The molecule has 0 aliphatic rings. The zero-order chi connectivity index (χ0) is 9.68. The number of rotatable bonds is 3. The third kappa shape index (κ3) is 3.06. The second-order valence-electron chi connectivity index (χ2n) is 2.54. The minimum atomic E-state index is -0.208. The summed E-state index contributed by atoms with van der Waals surface area (Å²) in [6.45, 7) is 3.73. The number of carbonyl (C=O) groups is 1. The zero-order valence-corrected chi connectivity index (χ0v) is 7.66. The van der Waals surface area contributed by atoms with Crippen LogP contribution in [-0.2, 0) is 4.79 Å². The van der Waals surface area contributed by atoms with E-state index in [1.807, 2.05) is 6.92 Å². The molecule has 0 spiro atoms. The van der Waals surface area contributed by atoms with E-state index >= 15 is 0 Å². The second-order valence-corrected chi connectivity index (χ2v) is 2.54. The summed E-state index contributed by atoms with van der Waals surface area (Å²) < 4.78 is 0. The third-order valence-corrected chi connectivity index (χ3v) is 1.34. The molecule has 0 saturated carbocycles. The molecule has 1 rings (SSSR count). The van der Waals surface area contributed by atoms with Crippen LogP contribution in [0, 0.1) is 6.92 Å². The molecule has 0 aliphatic heterocycles. The lowest BCUT2D eigenvalue weighted by molar-refractivity contribution is -0.112. The van der Waals surface area contributed by atoms with E-state index in [-0.39, 0.29) is 5.91 Å². The Morgan fingerprint density at radius 2 is 2.46 bits per heavy atom. The monoisotopic (exact) mass is 180 g/mol. The molecular formula is C8H12N4O. The molecule has 0 atom stereocenters. The van der Waals surface area contributed by atoms with Crippen LogP contribution in [-0.4, -0.2) is 21.1 Å². The van der Waals surface area contributed by atoms with Gasteiger partial charge in [-0.2, -0.15) is 4.98 Å². The highest BCUT2D eigenvalue weighted by atomic mass is 16.1. The van der Waals surface area contributed by atoms with Crippen LogP contribution >= 0.6 is 0 Å². The highest BCUT2D eigenvalue weighted by Crippen LogP contribution is 1.96. The van der Waals surface area contributed by atoms with Gasteiger partial charge in [-0.15, -0.1) is 5.10 Å². The number of carbonyl (C=O) groups excluding carboxylic acids is 1. The van der Waals surface area contributed by atoms with E-state index in [9.17, 15) is 4.79 Å². The van der Waals surface area contributed by atoms with Crippen LogP contribution in [0.2, 0.25) is 0 Å². The summed E-state index contributed by atoms with van der Waals surface area (Å²) in [4.78, 5) is 15.0. The second kappa shape index (κ2) is 4.39. The van der Waals surface area contributed by atoms with Gasteiger partial charge in [0.2, 0.25) is 11.9 Å². The number of aromatic nitrogens is 3. The van der Waals surface area contributed by atoms with Crippen LogP contribution in [0.5, 0.6) is 0 Å². The molecule has 0 bridgehead atoms. The summed E-state index contributed by atoms with van der Waals surface area (Å²) in [5.41, 5.74) is 0. The van der Waals surface area contributed by atoms with Gasteiger partial charge in [-0.25, -0.2) is 0 Å². The predicted molar refractivity (Wildman–Crippen MR) is 49.2 cm³/mol. The van der Waals surface area contributed by atoms with Crippen LogP contribution < -0.4 is 5.32 Å². The van der Waals surface area contributed by atoms with Crippen molar-refractivity contribution in [3.63, 3.8) is 0 Å². The number of nitrogens with one attached hydrogen (secondary N) is 2. The third-order valence-electron chi connectivity index (χ3n) is 1.34. The minimum absolute atomic E-state index is 0.208.